The van der Waals surface area contributed by atoms with E-state index >= 15 is 0 Å². The second-order valence-electron chi connectivity index (χ2n) is 6.15. The number of aryl methyl sites for hydroxylation is 1. The summed E-state index contributed by atoms with van der Waals surface area (Å²) in [5.74, 6) is 0.817. The molecule has 22 heavy (non-hydrogen) atoms. The van der Waals surface area contributed by atoms with Crippen LogP contribution in [0.3, 0.4) is 0 Å². The van der Waals surface area contributed by atoms with E-state index in [9.17, 15) is 4.79 Å². The molecule has 2 aromatic rings. The Kier molecular flexibility index (Phi) is 3.18. The molecule has 6 heteroatoms. The molecule has 0 radical (unpaired) electrons. The fourth-order valence-electron chi connectivity index (χ4n) is 3.31. The summed E-state index contributed by atoms with van der Waals surface area (Å²) in [6.07, 6.45) is 4.33. The first kappa shape index (κ1) is 13.5. The second-order valence-corrected chi connectivity index (χ2v) is 6.15. The minimum Gasteiger partial charge on any atom is -0.337 e. The highest BCUT2D eigenvalue weighted by molar-refractivity contribution is 5.98. The van der Waals surface area contributed by atoms with E-state index in [4.69, 9.17) is 0 Å². The summed E-state index contributed by atoms with van der Waals surface area (Å²) in [6.45, 7) is 4.72. The van der Waals surface area contributed by atoms with E-state index in [1.807, 2.05) is 30.0 Å². The van der Waals surface area contributed by atoms with Crippen molar-refractivity contribution in [2.75, 3.05) is 19.6 Å². The molecule has 2 atom stereocenters. The third-order valence-corrected chi connectivity index (χ3v) is 4.70. The normalized spacial score (nSPS) is 23.8. The Labute approximate surface area is 129 Å². The van der Waals surface area contributed by atoms with Crippen LogP contribution in [0.4, 0.5) is 0 Å². The van der Waals surface area contributed by atoms with E-state index < -0.39 is 0 Å². The molecule has 1 aromatic heterocycles. The average Bonchev–Trinajstić information content (AvgIpc) is 3.02. The number of piperidine rings is 1. The van der Waals surface area contributed by atoms with Gasteiger partial charge < -0.3 is 10.2 Å². The summed E-state index contributed by atoms with van der Waals surface area (Å²) in [5, 5.41) is 11.7. The van der Waals surface area contributed by atoms with Crippen molar-refractivity contribution in [2.45, 2.75) is 19.4 Å². The Hall–Kier alpha value is -2.21. The highest BCUT2D eigenvalue weighted by Gasteiger charge is 2.37. The van der Waals surface area contributed by atoms with Crippen molar-refractivity contribution in [3.63, 3.8) is 0 Å². The first-order valence-corrected chi connectivity index (χ1v) is 7.72. The number of carbonyl (C=O) groups is 1. The number of hydrogen-bond acceptors (Lipinski definition) is 4. The van der Waals surface area contributed by atoms with Crippen LogP contribution in [0.25, 0.3) is 5.69 Å². The van der Waals surface area contributed by atoms with Crippen LogP contribution >= 0.6 is 0 Å². The molecule has 3 heterocycles. The van der Waals surface area contributed by atoms with Gasteiger partial charge in [0.25, 0.3) is 5.91 Å². The first-order valence-electron chi connectivity index (χ1n) is 7.72. The number of hydrogen-bond donors (Lipinski definition) is 1. The van der Waals surface area contributed by atoms with Crippen molar-refractivity contribution < 1.29 is 4.79 Å². The van der Waals surface area contributed by atoms with Crippen molar-refractivity contribution in [1.82, 2.24) is 25.2 Å². The molecule has 4 rings (SSSR count). The molecular formula is C16H19N5O. The van der Waals surface area contributed by atoms with Gasteiger partial charge in [-0.2, -0.15) is 15.0 Å². The largest absolute Gasteiger partial charge is 0.337 e. The lowest BCUT2D eigenvalue weighted by Crippen LogP contribution is -2.62. The molecule has 0 bridgehead atoms. The zero-order chi connectivity index (χ0) is 15.1. The SMILES string of the molecule is Cc1ccc(-n2nccn2)c(C(=O)N2CCC3CN[C@@H]3C2)c1. The van der Waals surface area contributed by atoms with E-state index in [-0.39, 0.29) is 5.91 Å². The highest BCUT2D eigenvalue weighted by atomic mass is 16.2. The minimum atomic E-state index is 0.0724. The Morgan fingerprint density at radius 3 is 2.82 bits per heavy atom. The molecule has 2 fully saturated rings. The number of likely N-dealkylation sites (tertiary alicyclic amines) is 1. The maximum Gasteiger partial charge on any atom is 0.256 e. The van der Waals surface area contributed by atoms with Gasteiger partial charge in [0.1, 0.15) is 0 Å². The first-order chi connectivity index (χ1) is 10.7. The summed E-state index contributed by atoms with van der Waals surface area (Å²) in [6, 6.07) is 6.29. The molecule has 2 aliphatic heterocycles. The lowest BCUT2D eigenvalue weighted by atomic mass is 9.85. The number of carbonyl (C=O) groups excluding carboxylic acids is 1. The fourth-order valence-corrected chi connectivity index (χ4v) is 3.31. The zero-order valence-electron chi connectivity index (χ0n) is 12.6. The molecule has 114 valence electrons. The topological polar surface area (TPSA) is 63.1 Å². The van der Waals surface area contributed by atoms with Gasteiger partial charge in [0, 0.05) is 19.1 Å². The second kappa shape index (κ2) is 5.21. The van der Waals surface area contributed by atoms with Crippen LogP contribution in [0.5, 0.6) is 0 Å². The highest BCUT2D eigenvalue weighted by Crippen LogP contribution is 2.26. The fraction of sp³-hybridized carbons (Fsp3) is 0.438. The van der Waals surface area contributed by atoms with E-state index in [2.05, 4.69) is 15.5 Å². The number of fused-ring (bicyclic) bond motifs is 1. The molecule has 1 unspecified atom stereocenters. The van der Waals surface area contributed by atoms with Gasteiger partial charge in [-0.15, -0.1) is 0 Å². The summed E-state index contributed by atoms with van der Waals surface area (Å²) in [7, 11) is 0. The molecule has 1 N–H and O–H groups in total. The van der Waals surface area contributed by atoms with Gasteiger partial charge in [-0.25, -0.2) is 0 Å². The smallest absolute Gasteiger partial charge is 0.256 e. The van der Waals surface area contributed by atoms with Crippen LogP contribution in [-0.4, -0.2) is 51.5 Å². The molecule has 0 aliphatic carbocycles. The summed E-state index contributed by atoms with van der Waals surface area (Å²) in [5.41, 5.74) is 2.48. The predicted molar refractivity (Wildman–Crippen MR) is 81.9 cm³/mol. The standard InChI is InChI=1S/C16H19N5O/c1-11-2-3-15(21-18-5-6-19-21)13(8-11)16(22)20-7-4-12-9-17-14(12)10-20/h2-3,5-6,8,12,14,17H,4,7,9-10H2,1H3/t12?,14-/m1/s1. The van der Waals surface area contributed by atoms with Crippen molar-refractivity contribution >= 4 is 5.91 Å². The van der Waals surface area contributed by atoms with Gasteiger partial charge in [-0.3, -0.25) is 4.79 Å². The molecule has 6 nitrogen and oxygen atoms in total. The van der Waals surface area contributed by atoms with E-state index in [1.54, 1.807) is 12.4 Å². The van der Waals surface area contributed by atoms with Crippen molar-refractivity contribution in [2.24, 2.45) is 5.92 Å². The van der Waals surface area contributed by atoms with Gasteiger partial charge >= 0.3 is 0 Å². The molecule has 0 saturated carbocycles. The maximum atomic E-state index is 13.0. The third kappa shape index (κ3) is 2.20. The molecule has 2 saturated heterocycles. The lowest BCUT2D eigenvalue weighted by molar-refractivity contribution is 0.0518. The maximum absolute atomic E-state index is 13.0. The van der Waals surface area contributed by atoms with Crippen LogP contribution in [0.2, 0.25) is 0 Å². The molecular weight excluding hydrogens is 278 g/mol. The van der Waals surface area contributed by atoms with Crippen molar-refractivity contribution in [1.29, 1.82) is 0 Å². The van der Waals surface area contributed by atoms with Gasteiger partial charge in [0.15, 0.2) is 0 Å². The minimum absolute atomic E-state index is 0.0724. The Balaban J connectivity index is 1.66. The number of amides is 1. The summed E-state index contributed by atoms with van der Waals surface area (Å²) >= 11 is 0. The summed E-state index contributed by atoms with van der Waals surface area (Å²) in [4.78, 5) is 16.4. The van der Waals surface area contributed by atoms with Gasteiger partial charge in [-0.05, 0) is 37.9 Å². The molecule has 0 spiro atoms. The van der Waals surface area contributed by atoms with Crippen LogP contribution in [-0.2, 0) is 0 Å². The number of benzene rings is 1. The van der Waals surface area contributed by atoms with E-state index in [0.717, 1.165) is 43.2 Å². The Bertz CT molecular complexity index is 697. The van der Waals surface area contributed by atoms with Crippen LogP contribution in [0.15, 0.2) is 30.6 Å². The van der Waals surface area contributed by atoms with Crippen molar-refractivity contribution in [3.05, 3.63) is 41.7 Å². The van der Waals surface area contributed by atoms with Gasteiger partial charge in [0.05, 0.1) is 23.6 Å². The van der Waals surface area contributed by atoms with E-state index in [1.165, 1.54) is 4.80 Å². The van der Waals surface area contributed by atoms with Crippen molar-refractivity contribution in [3.8, 4) is 5.69 Å². The molecule has 1 amide bonds. The summed E-state index contributed by atoms with van der Waals surface area (Å²) < 4.78 is 0. The van der Waals surface area contributed by atoms with Gasteiger partial charge in [0.2, 0.25) is 0 Å². The zero-order valence-corrected chi connectivity index (χ0v) is 12.6. The third-order valence-electron chi connectivity index (χ3n) is 4.70. The van der Waals surface area contributed by atoms with Crippen LogP contribution in [0.1, 0.15) is 22.3 Å². The van der Waals surface area contributed by atoms with Crippen LogP contribution < -0.4 is 5.32 Å². The Morgan fingerprint density at radius 1 is 1.32 bits per heavy atom. The van der Waals surface area contributed by atoms with E-state index in [0.29, 0.717) is 11.6 Å². The lowest BCUT2D eigenvalue weighted by Gasteiger charge is -2.46. The average molecular weight is 297 g/mol. The monoisotopic (exact) mass is 297 g/mol. The number of aromatic nitrogens is 3. The van der Waals surface area contributed by atoms with Crippen LogP contribution in [0, 0.1) is 12.8 Å². The Morgan fingerprint density at radius 2 is 2.14 bits per heavy atom. The number of rotatable bonds is 2. The number of nitrogens with zero attached hydrogens (tertiary/aromatic N) is 4. The predicted octanol–water partition coefficient (Wildman–Crippen LogP) is 1.01. The molecule has 1 aromatic carbocycles. The van der Waals surface area contributed by atoms with Gasteiger partial charge in [-0.1, -0.05) is 11.6 Å². The number of nitrogens with one attached hydrogen (secondary N) is 1. The molecule has 2 aliphatic rings. The quantitative estimate of drug-likeness (QED) is 0.898.